The van der Waals surface area contributed by atoms with E-state index in [1.807, 2.05) is 24.8 Å². The lowest BCUT2D eigenvalue weighted by atomic mass is 9.90. The molecule has 0 spiro atoms. The maximum absolute atomic E-state index is 13.2. The van der Waals surface area contributed by atoms with Gasteiger partial charge < -0.3 is 10.2 Å². The summed E-state index contributed by atoms with van der Waals surface area (Å²) in [6.07, 6.45) is -1.71. The minimum absolute atomic E-state index is 0.0908. The molecule has 8 heteroatoms. The van der Waals surface area contributed by atoms with Gasteiger partial charge in [0.25, 0.3) is 0 Å². The Morgan fingerprint density at radius 1 is 1.12 bits per heavy atom. The van der Waals surface area contributed by atoms with Gasteiger partial charge in [0.2, 0.25) is 5.91 Å². The summed E-state index contributed by atoms with van der Waals surface area (Å²) in [6, 6.07) is 9.25. The summed E-state index contributed by atoms with van der Waals surface area (Å²) in [5, 5.41) is 13.6. The number of aryl methyl sites for hydroxylation is 1. The number of hydrogen-bond acceptors (Lipinski definition) is 4. The van der Waals surface area contributed by atoms with E-state index in [9.17, 15) is 18.0 Å². The first-order valence-corrected chi connectivity index (χ1v) is 11.2. The van der Waals surface area contributed by atoms with Crippen LogP contribution in [0.25, 0.3) is 10.8 Å². The zero-order valence-electron chi connectivity index (χ0n) is 18.7. The molecule has 0 bridgehead atoms. The number of carbonyl (C=O) groups excluding carboxylic acids is 1. The zero-order valence-corrected chi connectivity index (χ0v) is 18.7. The number of halogens is 3. The van der Waals surface area contributed by atoms with Gasteiger partial charge in [0.15, 0.2) is 5.82 Å². The smallest absolute Gasteiger partial charge is 0.362 e. The van der Waals surface area contributed by atoms with Crippen molar-refractivity contribution in [1.82, 2.24) is 10.2 Å². The minimum Gasteiger partial charge on any atom is -0.362 e. The molecule has 0 saturated heterocycles. The van der Waals surface area contributed by atoms with Gasteiger partial charge in [-0.15, -0.1) is 5.10 Å². The molecule has 0 radical (unpaired) electrons. The third kappa shape index (κ3) is 3.92. The van der Waals surface area contributed by atoms with E-state index in [1.165, 1.54) is 6.07 Å². The maximum atomic E-state index is 13.2. The molecule has 2 atom stereocenters. The molecule has 1 saturated carbocycles. The average molecular weight is 454 g/mol. The Kier molecular flexibility index (Phi) is 5.06. The minimum atomic E-state index is -4.40. The number of aromatic nitrogens is 2. The summed E-state index contributed by atoms with van der Waals surface area (Å²) < 4.78 is 39.5. The van der Waals surface area contributed by atoms with Crippen LogP contribution >= 0.6 is 0 Å². The molecule has 1 amide bonds. The summed E-state index contributed by atoms with van der Waals surface area (Å²) in [5.74, 6) is 0.596. The molecule has 1 fully saturated rings. The van der Waals surface area contributed by atoms with Crippen molar-refractivity contribution in [2.75, 3.05) is 10.2 Å². The lowest BCUT2D eigenvalue weighted by molar-refractivity contribution is -0.137. The van der Waals surface area contributed by atoms with Gasteiger partial charge in [0.05, 0.1) is 17.3 Å². The number of carbonyl (C=O) groups is 1. The molecular formula is C25H25F3N4O. The molecule has 2 aliphatic rings. The summed E-state index contributed by atoms with van der Waals surface area (Å²) in [4.78, 5) is 14.8. The van der Waals surface area contributed by atoms with Crippen LogP contribution in [-0.2, 0) is 17.4 Å². The first kappa shape index (κ1) is 21.7. The van der Waals surface area contributed by atoms with Crippen molar-refractivity contribution in [3.63, 3.8) is 0 Å². The molecule has 1 unspecified atom stereocenters. The van der Waals surface area contributed by atoms with E-state index in [0.717, 1.165) is 52.7 Å². The Labute approximate surface area is 190 Å². The van der Waals surface area contributed by atoms with Crippen LogP contribution in [0.5, 0.6) is 0 Å². The molecule has 2 heterocycles. The highest BCUT2D eigenvalue weighted by Gasteiger charge is 2.40. The quantitative estimate of drug-likeness (QED) is 0.540. The van der Waals surface area contributed by atoms with Crippen LogP contribution < -0.4 is 10.2 Å². The predicted octanol–water partition coefficient (Wildman–Crippen LogP) is 5.82. The highest BCUT2D eigenvalue weighted by molar-refractivity contribution is 6.04. The van der Waals surface area contributed by atoms with E-state index in [0.29, 0.717) is 17.8 Å². The van der Waals surface area contributed by atoms with Crippen molar-refractivity contribution in [1.29, 1.82) is 0 Å². The Morgan fingerprint density at radius 3 is 2.58 bits per heavy atom. The lowest BCUT2D eigenvalue weighted by Gasteiger charge is -2.33. The van der Waals surface area contributed by atoms with Gasteiger partial charge in [-0.05, 0) is 68.5 Å². The second-order valence-electron chi connectivity index (χ2n) is 9.19. The summed E-state index contributed by atoms with van der Waals surface area (Å²) in [6.45, 7) is 5.63. The molecule has 2 aromatic carbocycles. The first-order chi connectivity index (χ1) is 15.6. The monoisotopic (exact) mass is 454 g/mol. The van der Waals surface area contributed by atoms with Gasteiger partial charge in [-0.25, -0.2) is 0 Å². The zero-order chi connectivity index (χ0) is 23.5. The van der Waals surface area contributed by atoms with Crippen molar-refractivity contribution in [2.24, 2.45) is 5.92 Å². The third-order valence-electron chi connectivity index (χ3n) is 6.59. The SMILES string of the molecule is Cc1nnc(N[C@H](C)c2cccc(C(F)(F)F)c2)c2cc3c(cc12)N(C1CC1)C(=O)C(C)C3. The number of benzene rings is 2. The second kappa shape index (κ2) is 7.71. The molecule has 1 aliphatic heterocycles. The van der Waals surface area contributed by atoms with Crippen molar-refractivity contribution < 1.29 is 18.0 Å². The molecule has 5 nitrogen and oxygen atoms in total. The van der Waals surface area contributed by atoms with E-state index in [1.54, 1.807) is 13.0 Å². The molecule has 3 aromatic rings. The Bertz CT molecular complexity index is 1250. The Hall–Kier alpha value is -3.16. The number of nitrogens with one attached hydrogen (secondary N) is 1. The normalized spacial score (nSPS) is 19.5. The van der Waals surface area contributed by atoms with E-state index in [-0.39, 0.29) is 17.9 Å². The predicted molar refractivity (Wildman–Crippen MR) is 121 cm³/mol. The van der Waals surface area contributed by atoms with Crippen LogP contribution in [0.3, 0.4) is 0 Å². The molecule has 1 aromatic heterocycles. The van der Waals surface area contributed by atoms with Crippen molar-refractivity contribution in [2.45, 2.75) is 58.3 Å². The van der Waals surface area contributed by atoms with Gasteiger partial charge >= 0.3 is 6.18 Å². The highest BCUT2D eigenvalue weighted by Crippen LogP contribution is 2.42. The Balaban J connectivity index is 1.54. The fourth-order valence-corrected chi connectivity index (χ4v) is 4.61. The molecule has 1 N–H and O–H groups in total. The highest BCUT2D eigenvalue weighted by atomic mass is 19.4. The topological polar surface area (TPSA) is 58.1 Å². The molecule has 172 valence electrons. The number of anilines is 2. The van der Waals surface area contributed by atoms with Crippen LogP contribution in [0.2, 0.25) is 0 Å². The second-order valence-corrected chi connectivity index (χ2v) is 9.19. The van der Waals surface area contributed by atoms with Crippen molar-refractivity contribution >= 4 is 28.2 Å². The summed E-state index contributed by atoms with van der Waals surface area (Å²) in [7, 11) is 0. The summed E-state index contributed by atoms with van der Waals surface area (Å²) >= 11 is 0. The molecule has 1 aliphatic carbocycles. The van der Waals surface area contributed by atoms with Gasteiger partial charge in [0.1, 0.15) is 0 Å². The first-order valence-electron chi connectivity index (χ1n) is 11.2. The fraction of sp³-hybridized carbons (Fsp3) is 0.400. The van der Waals surface area contributed by atoms with Gasteiger partial charge in [-0.3, -0.25) is 4.79 Å². The standard InChI is InChI=1S/C25H25F3N4O/c1-13-9-17-11-21-20(12-22(17)32(24(13)33)19-7-8-19)15(3)30-31-23(21)29-14(2)16-5-4-6-18(10-16)25(26,27)28/h4-6,10-14,19H,7-9H2,1-3H3,(H,29,31)/t13?,14-/m1/s1. The third-order valence-corrected chi connectivity index (χ3v) is 6.59. The number of amides is 1. The van der Waals surface area contributed by atoms with Gasteiger partial charge in [-0.2, -0.15) is 18.3 Å². The van der Waals surface area contributed by atoms with E-state index >= 15 is 0 Å². The van der Waals surface area contributed by atoms with Crippen molar-refractivity contribution in [3.05, 3.63) is 58.8 Å². The lowest BCUT2D eigenvalue weighted by Crippen LogP contribution is -2.41. The molecular weight excluding hydrogens is 429 g/mol. The van der Waals surface area contributed by atoms with Crippen LogP contribution in [-0.4, -0.2) is 22.1 Å². The van der Waals surface area contributed by atoms with E-state index in [4.69, 9.17) is 0 Å². The van der Waals surface area contributed by atoms with Crippen LogP contribution in [0.15, 0.2) is 36.4 Å². The van der Waals surface area contributed by atoms with Crippen LogP contribution in [0.1, 0.15) is 55.1 Å². The number of fused-ring (bicyclic) bond motifs is 2. The van der Waals surface area contributed by atoms with Crippen molar-refractivity contribution in [3.8, 4) is 0 Å². The largest absolute Gasteiger partial charge is 0.416 e. The fourth-order valence-electron chi connectivity index (χ4n) is 4.61. The number of hydrogen-bond donors (Lipinski definition) is 1. The summed E-state index contributed by atoms with van der Waals surface area (Å²) in [5.41, 5.74) is 2.61. The molecule has 33 heavy (non-hydrogen) atoms. The Morgan fingerprint density at radius 2 is 1.88 bits per heavy atom. The number of rotatable bonds is 4. The number of alkyl halides is 3. The van der Waals surface area contributed by atoms with E-state index in [2.05, 4.69) is 21.6 Å². The van der Waals surface area contributed by atoms with Gasteiger partial charge in [0, 0.05) is 28.4 Å². The molecule has 5 rings (SSSR count). The van der Waals surface area contributed by atoms with E-state index < -0.39 is 17.8 Å². The number of nitrogens with zero attached hydrogens (tertiary/aromatic N) is 3. The maximum Gasteiger partial charge on any atom is 0.416 e. The van der Waals surface area contributed by atoms with Crippen LogP contribution in [0, 0.1) is 12.8 Å². The van der Waals surface area contributed by atoms with Crippen LogP contribution in [0.4, 0.5) is 24.7 Å². The average Bonchev–Trinajstić information content (AvgIpc) is 3.60. The van der Waals surface area contributed by atoms with Gasteiger partial charge in [-0.1, -0.05) is 19.1 Å².